The number of benzene rings is 3. The standard InChI is InChI=1S/C31H35N5O6S/c1-22(2)34-30(38)31(17-20-43(39,40)26-10-4-3-5-11-26)28(27-12-7-6-9-24(27)21-33-36-32)42-29(35-31)23-13-15-25(16-14-23)41-19-8-18-37/h3-7,9-16,22,28,37H,8,17-21H2,1-2H3,(H,34,38)/t28-,31-/m1/s1. The molecule has 0 radical (unpaired) electrons. The molecule has 0 saturated carbocycles. The van der Waals surface area contributed by atoms with Crippen molar-refractivity contribution in [2.45, 2.75) is 55.8 Å². The molecule has 3 aromatic rings. The second-order valence-corrected chi connectivity index (χ2v) is 12.5. The zero-order valence-electron chi connectivity index (χ0n) is 24.1. The summed E-state index contributed by atoms with van der Waals surface area (Å²) in [5.74, 6) is -0.0883. The van der Waals surface area contributed by atoms with E-state index >= 15 is 0 Å². The Balaban J connectivity index is 1.81. The van der Waals surface area contributed by atoms with Crippen LogP contribution in [0.5, 0.6) is 5.75 Å². The van der Waals surface area contributed by atoms with Gasteiger partial charge in [-0.2, -0.15) is 0 Å². The van der Waals surface area contributed by atoms with Crippen LogP contribution in [0.1, 0.15) is 49.5 Å². The number of carbonyl (C=O) groups is 1. The third-order valence-electron chi connectivity index (χ3n) is 6.95. The predicted octanol–water partition coefficient (Wildman–Crippen LogP) is 4.90. The Labute approximate surface area is 251 Å². The summed E-state index contributed by atoms with van der Waals surface area (Å²) in [4.78, 5) is 22.0. The van der Waals surface area contributed by atoms with Crippen LogP contribution in [0, 0.1) is 0 Å². The summed E-state index contributed by atoms with van der Waals surface area (Å²) in [5, 5.41) is 15.7. The molecular weight excluding hydrogens is 570 g/mol. The Morgan fingerprint density at radius 3 is 2.49 bits per heavy atom. The first-order valence-electron chi connectivity index (χ1n) is 14.0. The summed E-state index contributed by atoms with van der Waals surface area (Å²) in [6.45, 7) is 4.00. The molecule has 1 amide bonds. The molecule has 1 aliphatic heterocycles. The minimum absolute atomic E-state index is 0.00589. The molecule has 1 aliphatic rings. The third-order valence-corrected chi connectivity index (χ3v) is 8.68. The van der Waals surface area contributed by atoms with E-state index in [1.54, 1.807) is 66.7 Å². The summed E-state index contributed by atoms with van der Waals surface area (Å²) in [7, 11) is -3.78. The van der Waals surface area contributed by atoms with E-state index in [1.807, 2.05) is 13.8 Å². The molecule has 0 bridgehead atoms. The van der Waals surface area contributed by atoms with Crippen LogP contribution >= 0.6 is 0 Å². The largest absolute Gasteiger partial charge is 0.494 e. The maximum atomic E-state index is 14.1. The lowest BCUT2D eigenvalue weighted by molar-refractivity contribution is -0.129. The van der Waals surface area contributed by atoms with Crippen LogP contribution in [0.2, 0.25) is 0 Å². The summed E-state index contributed by atoms with van der Waals surface area (Å²) in [5.41, 5.74) is 9.08. The number of nitrogens with one attached hydrogen (secondary N) is 1. The number of aliphatic hydroxyl groups is 1. The number of rotatable bonds is 14. The van der Waals surface area contributed by atoms with E-state index in [1.165, 1.54) is 12.1 Å². The molecule has 11 nitrogen and oxygen atoms in total. The van der Waals surface area contributed by atoms with E-state index < -0.39 is 27.4 Å². The maximum Gasteiger partial charge on any atom is 0.252 e. The zero-order chi connectivity index (χ0) is 30.9. The van der Waals surface area contributed by atoms with Crippen LogP contribution < -0.4 is 10.1 Å². The number of amides is 1. The fraction of sp³-hybridized carbons (Fsp3) is 0.355. The van der Waals surface area contributed by atoms with E-state index in [9.17, 15) is 13.2 Å². The number of hydrogen-bond donors (Lipinski definition) is 2. The normalized spacial score (nSPS) is 18.0. The summed E-state index contributed by atoms with van der Waals surface area (Å²) < 4.78 is 38.9. The van der Waals surface area contributed by atoms with Gasteiger partial charge in [0.1, 0.15) is 5.75 Å². The van der Waals surface area contributed by atoms with Crippen LogP contribution in [-0.2, 0) is 25.9 Å². The summed E-state index contributed by atoms with van der Waals surface area (Å²) in [6, 6.07) is 21.9. The average molecular weight is 606 g/mol. The van der Waals surface area contributed by atoms with Gasteiger partial charge in [-0.1, -0.05) is 47.6 Å². The van der Waals surface area contributed by atoms with Gasteiger partial charge in [-0.05, 0) is 66.9 Å². The fourth-order valence-electron chi connectivity index (χ4n) is 4.81. The highest BCUT2D eigenvalue weighted by Crippen LogP contribution is 2.44. The predicted molar refractivity (Wildman–Crippen MR) is 162 cm³/mol. The van der Waals surface area contributed by atoms with Crippen molar-refractivity contribution in [3.63, 3.8) is 0 Å². The molecule has 0 fully saturated rings. The molecule has 2 atom stereocenters. The minimum atomic E-state index is -3.78. The van der Waals surface area contributed by atoms with E-state index in [0.29, 0.717) is 35.5 Å². The van der Waals surface area contributed by atoms with Gasteiger partial charge < -0.3 is 19.9 Å². The second kappa shape index (κ2) is 14.2. The number of ether oxygens (including phenoxy) is 2. The van der Waals surface area contributed by atoms with Gasteiger partial charge in [0.05, 0.1) is 23.8 Å². The number of sulfone groups is 1. The Hall–Kier alpha value is -4.38. The van der Waals surface area contributed by atoms with Gasteiger partial charge in [-0.15, -0.1) is 0 Å². The highest BCUT2D eigenvalue weighted by molar-refractivity contribution is 7.91. The van der Waals surface area contributed by atoms with Gasteiger partial charge in [0, 0.05) is 36.0 Å². The van der Waals surface area contributed by atoms with Crippen molar-refractivity contribution in [3.05, 3.63) is 106 Å². The molecule has 0 aromatic heterocycles. The zero-order valence-corrected chi connectivity index (χ0v) is 24.9. The van der Waals surface area contributed by atoms with Crippen molar-refractivity contribution < 1.29 is 27.8 Å². The van der Waals surface area contributed by atoms with Crippen LogP contribution in [0.4, 0.5) is 0 Å². The van der Waals surface area contributed by atoms with Crippen LogP contribution in [0.15, 0.2) is 93.9 Å². The molecule has 0 saturated heterocycles. The number of aliphatic hydroxyl groups excluding tert-OH is 1. The summed E-state index contributed by atoms with van der Waals surface area (Å²) in [6.07, 6.45) is -0.693. The SMILES string of the molecule is CC(C)NC(=O)[C@]1(CCS(=O)(=O)c2ccccc2)N=C(c2ccc(OCCCO)cc2)O[C@@H]1c1ccccc1CN=[N+]=[N-]. The molecular formula is C31H35N5O6S. The van der Waals surface area contributed by atoms with Gasteiger partial charge in [0.25, 0.3) is 5.91 Å². The maximum absolute atomic E-state index is 14.1. The lowest BCUT2D eigenvalue weighted by Gasteiger charge is -2.32. The van der Waals surface area contributed by atoms with Crippen LogP contribution in [-0.4, -0.2) is 55.9 Å². The van der Waals surface area contributed by atoms with Gasteiger partial charge >= 0.3 is 0 Å². The topological polar surface area (TPSA) is 163 Å². The van der Waals surface area contributed by atoms with Crippen LogP contribution in [0.25, 0.3) is 10.4 Å². The van der Waals surface area contributed by atoms with E-state index in [-0.39, 0.29) is 42.2 Å². The van der Waals surface area contributed by atoms with E-state index in [2.05, 4.69) is 15.3 Å². The Morgan fingerprint density at radius 1 is 1.12 bits per heavy atom. The second-order valence-electron chi connectivity index (χ2n) is 10.4. The number of nitrogens with zero attached hydrogens (tertiary/aromatic N) is 4. The Morgan fingerprint density at radius 2 is 1.81 bits per heavy atom. The first kappa shape index (κ1) is 31.6. The molecule has 226 valence electrons. The number of aliphatic imine (C=N–C) groups is 1. The lowest BCUT2D eigenvalue weighted by Crippen LogP contribution is -2.51. The molecule has 12 heteroatoms. The fourth-order valence-corrected chi connectivity index (χ4v) is 6.20. The number of hydrogen-bond acceptors (Lipinski definition) is 8. The molecule has 2 N–H and O–H groups in total. The van der Waals surface area contributed by atoms with Crippen LogP contribution in [0.3, 0.4) is 0 Å². The quantitative estimate of drug-likeness (QED) is 0.115. The van der Waals surface area contributed by atoms with Crippen molar-refractivity contribution in [3.8, 4) is 5.75 Å². The highest BCUT2D eigenvalue weighted by atomic mass is 32.2. The highest BCUT2D eigenvalue weighted by Gasteiger charge is 2.54. The molecule has 0 aliphatic carbocycles. The van der Waals surface area contributed by atoms with Crippen molar-refractivity contribution >= 4 is 21.6 Å². The Kier molecular flexibility index (Phi) is 10.4. The van der Waals surface area contributed by atoms with E-state index in [0.717, 1.165) is 0 Å². The molecule has 4 rings (SSSR count). The van der Waals surface area contributed by atoms with E-state index in [4.69, 9.17) is 25.1 Å². The van der Waals surface area contributed by atoms with Crippen molar-refractivity contribution in [1.82, 2.24) is 5.32 Å². The van der Waals surface area contributed by atoms with Gasteiger partial charge in [-0.3, -0.25) is 4.79 Å². The molecule has 0 unspecified atom stereocenters. The lowest BCUT2D eigenvalue weighted by atomic mass is 9.83. The minimum Gasteiger partial charge on any atom is -0.494 e. The van der Waals surface area contributed by atoms with Gasteiger partial charge in [0.15, 0.2) is 21.5 Å². The number of azide groups is 1. The smallest absolute Gasteiger partial charge is 0.252 e. The molecule has 0 spiro atoms. The third kappa shape index (κ3) is 7.53. The first-order chi connectivity index (χ1) is 20.7. The van der Waals surface area contributed by atoms with Crippen molar-refractivity contribution in [1.29, 1.82) is 0 Å². The average Bonchev–Trinajstić information content (AvgIpc) is 3.41. The van der Waals surface area contributed by atoms with Crippen molar-refractivity contribution in [2.75, 3.05) is 19.0 Å². The van der Waals surface area contributed by atoms with Crippen molar-refractivity contribution in [2.24, 2.45) is 10.1 Å². The first-order valence-corrected chi connectivity index (χ1v) is 15.6. The number of carbonyl (C=O) groups excluding carboxylic acids is 1. The molecule has 43 heavy (non-hydrogen) atoms. The summed E-state index contributed by atoms with van der Waals surface area (Å²) >= 11 is 0. The molecule has 3 aromatic carbocycles. The molecule has 1 heterocycles. The van der Waals surface area contributed by atoms with Gasteiger partial charge in [-0.25, -0.2) is 13.4 Å². The Bertz CT molecular complexity index is 1590. The van der Waals surface area contributed by atoms with Gasteiger partial charge in [0.2, 0.25) is 5.90 Å². The monoisotopic (exact) mass is 605 g/mol.